The molecular weight excluding hydrogens is 304 g/mol. The fraction of sp³-hybridized carbons (Fsp3) is 0.278. The fourth-order valence-electron chi connectivity index (χ4n) is 2.52. The molecule has 2 amide bonds. The summed E-state index contributed by atoms with van der Waals surface area (Å²) in [4.78, 5) is 28.8. The van der Waals surface area contributed by atoms with Crippen LogP contribution >= 0.6 is 0 Å². The molecule has 2 heterocycles. The third-order valence-electron chi connectivity index (χ3n) is 3.95. The molecule has 2 aromatic rings. The third-order valence-corrected chi connectivity index (χ3v) is 3.95. The van der Waals surface area contributed by atoms with Gasteiger partial charge in [0.15, 0.2) is 0 Å². The van der Waals surface area contributed by atoms with Gasteiger partial charge in [-0.3, -0.25) is 9.59 Å². The van der Waals surface area contributed by atoms with E-state index in [1.54, 1.807) is 13.1 Å². The first-order valence-electron chi connectivity index (χ1n) is 7.94. The van der Waals surface area contributed by atoms with Gasteiger partial charge in [-0.1, -0.05) is 30.3 Å². The molecule has 0 aliphatic carbocycles. The first kappa shape index (κ1) is 16.1. The summed E-state index contributed by atoms with van der Waals surface area (Å²) in [5.41, 5.74) is 2.48. The summed E-state index contributed by atoms with van der Waals surface area (Å²) in [6.07, 6.45) is 0.566. The van der Waals surface area contributed by atoms with Crippen molar-refractivity contribution >= 4 is 11.8 Å². The van der Waals surface area contributed by atoms with E-state index in [4.69, 9.17) is 0 Å². The molecule has 6 nitrogen and oxygen atoms in total. The average molecular weight is 324 g/mol. The van der Waals surface area contributed by atoms with Gasteiger partial charge in [0, 0.05) is 37.8 Å². The Bertz CT molecular complexity index is 742. The van der Waals surface area contributed by atoms with Crippen LogP contribution in [0.1, 0.15) is 32.1 Å². The SMILES string of the molecule is CNC(=O)c1cc(C(=O)NC2CNC2)cc(Cc2ccccc2)n1. The predicted octanol–water partition coefficient (Wildman–Crippen LogP) is 0.734. The van der Waals surface area contributed by atoms with Gasteiger partial charge in [0.1, 0.15) is 5.69 Å². The number of amides is 2. The standard InChI is InChI=1S/C18H20N4O2/c1-19-18(24)16-9-13(17(23)22-15-10-20-11-15)8-14(21-16)7-12-5-3-2-4-6-12/h2-6,8-9,15,20H,7,10-11H2,1H3,(H,19,24)(H,22,23). The van der Waals surface area contributed by atoms with Crippen molar-refractivity contribution in [2.45, 2.75) is 12.5 Å². The summed E-state index contributed by atoms with van der Waals surface area (Å²) in [5, 5.41) is 8.62. The molecule has 0 spiro atoms. The minimum absolute atomic E-state index is 0.145. The molecule has 1 aromatic carbocycles. The first-order chi connectivity index (χ1) is 11.7. The fourth-order valence-corrected chi connectivity index (χ4v) is 2.52. The average Bonchev–Trinajstić information content (AvgIpc) is 2.57. The smallest absolute Gasteiger partial charge is 0.269 e. The van der Waals surface area contributed by atoms with Gasteiger partial charge in [-0.25, -0.2) is 4.98 Å². The number of rotatable bonds is 5. The summed E-state index contributed by atoms with van der Waals surface area (Å²) in [6, 6.07) is 13.3. The van der Waals surface area contributed by atoms with E-state index in [0.717, 1.165) is 18.7 Å². The van der Waals surface area contributed by atoms with Gasteiger partial charge in [0.25, 0.3) is 11.8 Å². The molecule has 3 rings (SSSR count). The van der Waals surface area contributed by atoms with Crippen molar-refractivity contribution < 1.29 is 9.59 Å². The van der Waals surface area contributed by atoms with Crippen molar-refractivity contribution in [2.75, 3.05) is 20.1 Å². The Hall–Kier alpha value is -2.73. The van der Waals surface area contributed by atoms with Crippen LogP contribution in [0.4, 0.5) is 0 Å². The number of nitrogens with zero attached hydrogens (tertiary/aromatic N) is 1. The van der Waals surface area contributed by atoms with Crippen molar-refractivity contribution in [1.82, 2.24) is 20.9 Å². The molecule has 0 saturated carbocycles. The van der Waals surface area contributed by atoms with Crippen LogP contribution < -0.4 is 16.0 Å². The van der Waals surface area contributed by atoms with Gasteiger partial charge >= 0.3 is 0 Å². The topological polar surface area (TPSA) is 83.1 Å². The van der Waals surface area contributed by atoms with Crippen LogP contribution in [-0.4, -0.2) is 43.0 Å². The molecule has 0 atom stereocenters. The van der Waals surface area contributed by atoms with E-state index in [1.165, 1.54) is 6.07 Å². The molecule has 3 N–H and O–H groups in total. The Morgan fingerprint density at radius 2 is 1.92 bits per heavy atom. The lowest BCUT2D eigenvalue weighted by Crippen LogP contribution is -2.56. The normalized spacial score (nSPS) is 13.9. The van der Waals surface area contributed by atoms with Gasteiger partial charge in [0.05, 0.1) is 6.04 Å². The molecule has 1 aliphatic heterocycles. The molecule has 1 aliphatic rings. The molecule has 1 aromatic heterocycles. The molecular formula is C18H20N4O2. The van der Waals surface area contributed by atoms with E-state index in [0.29, 0.717) is 17.7 Å². The number of nitrogens with one attached hydrogen (secondary N) is 3. The number of hydrogen-bond acceptors (Lipinski definition) is 4. The summed E-state index contributed by atoms with van der Waals surface area (Å²) < 4.78 is 0. The van der Waals surface area contributed by atoms with Gasteiger partial charge in [-0.15, -0.1) is 0 Å². The van der Waals surface area contributed by atoms with Gasteiger partial charge in [0.2, 0.25) is 0 Å². The van der Waals surface area contributed by atoms with Crippen molar-refractivity contribution in [3.63, 3.8) is 0 Å². The van der Waals surface area contributed by atoms with E-state index < -0.39 is 0 Å². The lowest BCUT2D eigenvalue weighted by molar-refractivity contribution is 0.0923. The van der Waals surface area contributed by atoms with Gasteiger partial charge in [-0.2, -0.15) is 0 Å². The monoisotopic (exact) mass is 324 g/mol. The number of aromatic nitrogens is 1. The van der Waals surface area contributed by atoms with E-state index in [-0.39, 0.29) is 23.6 Å². The van der Waals surface area contributed by atoms with E-state index in [2.05, 4.69) is 20.9 Å². The van der Waals surface area contributed by atoms with E-state index >= 15 is 0 Å². The highest BCUT2D eigenvalue weighted by atomic mass is 16.2. The van der Waals surface area contributed by atoms with Crippen molar-refractivity contribution in [1.29, 1.82) is 0 Å². The Labute approximate surface area is 140 Å². The highest BCUT2D eigenvalue weighted by Crippen LogP contribution is 2.12. The van der Waals surface area contributed by atoms with Crippen molar-refractivity contribution in [3.05, 3.63) is 65.0 Å². The molecule has 24 heavy (non-hydrogen) atoms. The van der Waals surface area contributed by atoms with Crippen LogP contribution in [0.2, 0.25) is 0 Å². The summed E-state index contributed by atoms with van der Waals surface area (Å²) in [5.74, 6) is -0.479. The second-order valence-corrected chi connectivity index (χ2v) is 5.80. The number of benzene rings is 1. The second kappa shape index (κ2) is 7.23. The van der Waals surface area contributed by atoms with Gasteiger partial charge in [-0.05, 0) is 17.7 Å². The first-order valence-corrected chi connectivity index (χ1v) is 7.94. The van der Waals surface area contributed by atoms with Crippen LogP contribution in [0.5, 0.6) is 0 Å². The van der Waals surface area contributed by atoms with Gasteiger partial charge < -0.3 is 16.0 Å². The van der Waals surface area contributed by atoms with Crippen LogP contribution in [0.3, 0.4) is 0 Å². The molecule has 0 radical (unpaired) electrons. The van der Waals surface area contributed by atoms with Crippen LogP contribution in [0.15, 0.2) is 42.5 Å². The zero-order valence-electron chi connectivity index (χ0n) is 13.5. The number of carbonyl (C=O) groups excluding carboxylic acids is 2. The molecule has 1 fully saturated rings. The maximum Gasteiger partial charge on any atom is 0.269 e. The lowest BCUT2D eigenvalue weighted by atomic mass is 10.1. The Morgan fingerprint density at radius 1 is 1.17 bits per heavy atom. The molecule has 124 valence electrons. The van der Waals surface area contributed by atoms with Crippen LogP contribution in [0, 0.1) is 0 Å². The molecule has 0 bridgehead atoms. The maximum atomic E-state index is 12.4. The summed E-state index contributed by atoms with van der Waals surface area (Å²) in [7, 11) is 1.55. The Kier molecular flexibility index (Phi) is 4.86. The zero-order chi connectivity index (χ0) is 16.9. The zero-order valence-corrected chi connectivity index (χ0v) is 13.5. The maximum absolute atomic E-state index is 12.4. The quantitative estimate of drug-likeness (QED) is 0.757. The van der Waals surface area contributed by atoms with Crippen LogP contribution in [0.25, 0.3) is 0 Å². The Morgan fingerprint density at radius 3 is 2.54 bits per heavy atom. The van der Waals surface area contributed by atoms with Crippen LogP contribution in [-0.2, 0) is 6.42 Å². The number of hydrogen-bond donors (Lipinski definition) is 3. The second-order valence-electron chi connectivity index (χ2n) is 5.80. The van der Waals surface area contributed by atoms with Crippen molar-refractivity contribution in [2.24, 2.45) is 0 Å². The number of carbonyl (C=O) groups is 2. The van der Waals surface area contributed by atoms with E-state index in [9.17, 15) is 9.59 Å². The summed E-state index contributed by atoms with van der Waals surface area (Å²) >= 11 is 0. The minimum Gasteiger partial charge on any atom is -0.354 e. The predicted molar refractivity (Wildman–Crippen MR) is 91.0 cm³/mol. The minimum atomic E-state index is -0.302. The Balaban J connectivity index is 1.87. The third kappa shape index (κ3) is 3.78. The van der Waals surface area contributed by atoms with E-state index in [1.807, 2.05) is 30.3 Å². The highest BCUT2D eigenvalue weighted by Gasteiger charge is 2.21. The summed E-state index contributed by atoms with van der Waals surface area (Å²) in [6.45, 7) is 1.55. The molecule has 6 heteroatoms. The van der Waals surface area contributed by atoms with Crippen molar-refractivity contribution in [3.8, 4) is 0 Å². The molecule has 0 unspecified atom stereocenters. The largest absolute Gasteiger partial charge is 0.354 e. The molecule has 1 saturated heterocycles. The number of pyridine rings is 1. The highest BCUT2D eigenvalue weighted by molar-refractivity contribution is 5.98. The lowest BCUT2D eigenvalue weighted by Gasteiger charge is -2.28.